The van der Waals surface area contributed by atoms with Crippen molar-refractivity contribution in [1.82, 2.24) is 9.88 Å². The number of hydrogen-bond acceptors (Lipinski definition) is 6. The van der Waals surface area contributed by atoms with E-state index in [9.17, 15) is 9.59 Å². The molecule has 0 aliphatic rings. The third-order valence-electron chi connectivity index (χ3n) is 4.01. The van der Waals surface area contributed by atoms with Gasteiger partial charge >= 0.3 is 0 Å². The molecule has 1 aromatic heterocycles. The van der Waals surface area contributed by atoms with Crippen LogP contribution in [0.5, 0.6) is 17.2 Å². The lowest BCUT2D eigenvalue weighted by Crippen LogP contribution is -2.21. The quantitative estimate of drug-likeness (QED) is 0.567. The molecule has 0 atom stereocenters. The van der Waals surface area contributed by atoms with E-state index in [1.807, 2.05) is 6.92 Å². The molecule has 0 saturated heterocycles. The average molecular weight is 426 g/mol. The molecule has 0 aliphatic carbocycles. The van der Waals surface area contributed by atoms with Crippen LogP contribution in [0.2, 0.25) is 0 Å². The first-order chi connectivity index (χ1) is 14.5. The van der Waals surface area contributed by atoms with Crippen LogP contribution in [0.3, 0.4) is 0 Å². The van der Waals surface area contributed by atoms with Crippen LogP contribution in [-0.2, 0) is 0 Å². The molecule has 156 valence electrons. The molecule has 0 spiro atoms. The number of nitrogens with one attached hydrogen (secondary N) is 1. The maximum absolute atomic E-state index is 12.6. The summed E-state index contributed by atoms with van der Waals surface area (Å²) in [5.41, 5.74) is 0.962. The van der Waals surface area contributed by atoms with Crippen LogP contribution in [0.25, 0.3) is 0 Å². The number of carbonyl (C=O) groups is 2. The molecule has 2 aromatic carbocycles. The Morgan fingerprint density at radius 2 is 1.77 bits per heavy atom. The number of amides is 2. The van der Waals surface area contributed by atoms with Gasteiger partial charge in [0.2, 0.25) is 0 Å². The predicted molar refractivity (Wildman–Crippen MR) is 117 cm³/mol. The molecule has 30 heavy (non-hydrogen) atoms. The zero-order valence-corrected chi connectivity index (χ0v) is 17.9. The summed E-state index contributed by atoms with van der Waals surface area (Å²) in [7, 11) is 3.40. The maximum atomic E-state index is 12.6. The SMILES string of the molecule is CCCOc1cc(Oc2ccc(C(=O)N(C)C)cc2)cc(C(=O)Nc2nccs2)c1. The first-order valence-corrected chi connectivity index (χ1v) is 10.3. The van der Waals surface area contributed by atoms with Crippen molar-refractivity contribution in [2.75, 3.05) is 26.0 Å². The van der Waals surface area contributed by atoms with Gasteiger partial charge in [0.05, 0.1) is 6.61 Å². The second-order valence-electron chi connectivity index (χ2n) is 6.66. The molecular formula is C22H23N3O4S. The minimum Gasteiger partial charge on any atom is -0.493 e. The largest absolute Gasteiger partial charge is 0.493 e. The van der Waals surface area contributed by atoms with Crippen molar-refractivity contribution in [3.05, 3.63) is 65.2 Å². The van der Waals surface area contributed by atoms with Gasteiger partial charge in [-0.1, -0.05) is 6.92 Å². The van der Waals surface area contributed by atoms with E-state index in [-0.39, 0.29) is 11.8 Å². The zero-order chi connectivity index (χ0) is 21.5. The number of nitrogens with zero attached hydrogens (tertiary/aromatic N) is 2. The molecule has 0 aliphatic heterocycles. The van der Waals surface area contributed by atoms with Crippen LogP contribution < -0.4 is 14.8 Å². The normalized spacial score (nSPS) is 10.4. The minimum absolute atomic E-state index is 0.0855. The minimum atomic E-state index is -0.302. The summed E-state index contributed by atoms with van der Waals surface area (Å²) >= 11 is 1.34. The summed E-state index contributed by atoms with van der Waals surface area (Å²) in [5.74, 6) is 1.16. The molecule has 0 bridgehead atoms. The second-order valence-corrected chi connectivity index (χ2v) is 7.55. The average Bonchev–Trinajstić information content (AvgIpc) is 3.25. The van der Waals surface area contributed by atoms with Gasteiger partial charge < -0.3 is 14.4 Å². The topological polar surface area (TPSA) is 80.8 Å². The number of benzene rings is 2. The highest BCUT2D eigenvalue weighted by Gasteiger charge is 2.13. The Morgan fingerprint density at radius 3 is 2.40 bits per heavy atom. The van der Waals surface area contributed by atoms with E-state index in [2.05, 4.69) is 10.3 Å². The molecule has 8 heteroatoms. The van der Waals surface area contributed by atoms with E-state index >= 15 is 0 Å². The first-order valence-electron chi connectivity index (χ1n) is 9.44. The van der Waals surface area contributed by atoms with E-state index < -0.39 is 0 Å². The van der Waals surface area contributed by atoms with Crippen LogP contribution in [-0.4, -0.2) is 42.4 Å². The Bertz CT molecular complexity index is 1000. The smallest absolute Gasteiger partial charge is 0.257 e. The van der Waals surface area contributed by atoms with Crippen molar-refractivity contribution in [3.63, 3.8) is 0 Å². The zero-order valence-electron chi connectivity index (χ0n) is 17.0. The number of thiazole rings is 1. The van der Waals surface area contributed by atoms with Crippen LogP contribution in [0.1, 0.15) is 34.1 Å². The number of carbonyl (C=O) groups excluding carboxylic acids is 2. The number of anilines is 1. The Balaban J connectivity index is 1.82. The summed E-state index contributed by atoms with van der Waals surface area (Å²) in [6.45, 7) is 2.53. The summed E-state index contributed by atoms with van der Waals surface area (Å²) in [4.78, 5) is 30.2. The van der Waals surface area contributed by atoms with Crippen molar-refractivity contribution >= 4 is 28.3 Å². The van der Waals surface area contributed by atoms with Crippen LogP contribution in [0, 0.1) is 0 Å². The first kappa shape index (κ1) is 21.3. The van der Waals surface area contributed by atoms with Crippen molar-refractivity contribution in [3.8, 4) is 17.2 Å². The highest BCUT2D eigenvalue weighted by molar-refractivity contribution is 7.13. The summed E-state index contributed by atoms with van der Waals surface area (Å²) in [6.07, 6.45) is 2.47. The lowest BCUT2D eigenvalue weighted by molar-refractivity contribution is 0.0827. The molecule has 3 aromatic rings. The van der Waals surface area contributed by atoms with Gasteiger partial charge in [0.25, 0.3) is 11.8 Å². The van der Waals surface area contributed by atoms with Crippen molar-refractivity contribution in [2.24, 2.45) is 0 Å². The van der Waals surface area contributed by atoms with Gasteiger partial charge in [-0.05, 0) is 42.8 Å². The van der Waals surface area contributed by atoms with Crippen LogP contribution >= 0.6 is 11.3 Å². The fraction of sp³-hybridized carbons (Fsp3) is 0.227. The highest BCUT2D eigenvalue weighted by atomic mass is 32.1. The number of ether oxygens (including phenoxy) is 2. The molecule has 3 rings (SSSR count). The lowest BCUT2D eigenvalue weighted by Gasteiger charge is -2.13. The van der Waals surface area contributed by atoms with Gasteiger partial charge in [-0.3, -0.25) is 14.9 Å². The Morgan fingerprint density at radius 1 is 1.03 bits per heavy atom. The Labute approximate surface area is 179 Å². The highest BCUT2D eigenvalue weighted by Crippen LogP contribution is 2.28. The Hall–Kier alpha value is -3.39. The van der Waals surface area contributed by atoms with E-state index in [4.69, 9.17) is 9.47 Å². The number of hydrogen-bond donors (Lipinski definition) is 1. The molecule has 2 amide bonds. The fourth-order valence-electron chi connectivity index (χ4n) is 2.58. The van der Waals surface area contributed by atoms with Gasteiger partial charge in [0.15, 0.2) is 5.13 Å². The van der Waals surface area contributed by atoms with Gasteiger partial charge in [-0.2, -0.15) is 0 Å². The van der Waals surface area contributed by atoms with Gasteiger partial charge in [-0.15, -0.1) is 11.3 Å². The van der Waals surface area contributed by atoms with E-state index in [0.717, 1.165) is 6.42 Å². The molecule has 0 fully saturated rings. The third kappa shape index (κ3) is 5.57. The van der Waals surface area contributed by atoms with E-state index in [1.165, 1.54) is 16.2 Å². The van der Waals surface area contributed by atoms with Gasteiger partial charge in [-0.25, -0.2) is 4.98 Å². The summed E-state index contributed by atoms with van der Waals surface area (Å²) < 4.78 is 11.6. The van der Waals surface area contributed by atoms with Gasteiger partial charge in [0, 0.05) is 42.9 Å². The van der Waals surface area contributed by atoms with E-state index in [1.54, 1.807) is 68.1 Å². The van der Waals surface area contributed by atoms with Crippen LogP contribution in [0.15, 0.2) is 54.0 Å². The Kier molecular flexibility index (Phi) is 7.03. The van der Waals surface area contributed by atoms with Crippen LogP contribution in [0.4, 0.5) is 5.13 Å². The predicted octanol–water partition coefficient (Wildman–Crippen LogP) is 4.68. The molecule has 0 saturated carbocycles. The second kappa shape index (κ2) is 9.89. The monoisotopic (exact) mass is 425 g/mol. The molecule has 7 nitrogen and oxygen atoms in total. The van der Waals surface area contributed by atoms with E-state index in [0.29, 0.717) is 40.1 Å². The van der Waals surface area contributed by atoms with Crippen molar-refractivity contribution in [2.45, 2.75) is 13.3 Å². The van der Waals surface area contributed by atoms with Gasteiger partial charge in [0.1, 0.15) is 17.2 Å². The fourth-order valence-corrected chi connectivity index (χ4v) is 3.10. The molecule has 0 unspecified atom stereocenters. The summed E-state index contributed by atoms with van der Waals surface area (Å²) in [6, 6.07) is 11.9. The molecule has 1 heterocycles. The number of aromatic nitrogens is 1. The molecular weight excluding hydrogens is 402 g/mol. The summed E-state index contributed by atoms with van der Waals surface area (Å²) in [5, 5.41) is 5.06. The lowest BCUT2D eigenvalue weighted by atomic mass is 10.1. The maximum Gasteiger partial charge on any atom is 0.257 e. The molecule has 1 N–H and O–H groups in total. The number of rotatable bonds is 8. The third-order valence-corrected chi connectivity index (χ3v) is 4.70. The standard InChI is InChI=1S/C22H23N3O4S/c1-4-10-28-18-12-16(20(26)24-22-23-9-11-30-22)13-19(14-18)29-17-7-5-15(6-8-17)21(27)25(2)3/h5-9,11-14H,4,10H2,1-3H3,(H,23,24,26). The molecule has 0 radical (unpaired) electrons. The van der Waals surface area contributed by atoms with Crippen molar-refractivity contribution < 1.29 is 19.1 Å². The van der Waals surface area contributed by atoms with Crippen molar-refractivity contribution in [1.29, 1.82) is 0 Å².